The van der Waals surface area contributed by atoms with E-state index in [1.807, 2.05) is 32.3 Å². The van der Waals surface area contributed by atoms with Crippen molar-refractivity contribution in [1.82, 2.24) is 10.6 Å². The monoisotopic (exact) mass is 294 g/mol. The first-order valence-corrected chi connectivity index (χ1v) is 7.47. The number of benzene rings is 3. The molecule has 0 aromatic heterocycles. The molecule has 0 radical (unpaired) electrons. The number of nitrogens with one attached hydrogen (secondary N) is 2. The van der Waals surface area contributed by atoms with Crippen molar-refractivity contribution in [2.24, 2.45) is 0 Å². The molecule has 3 rings (SSSR count). The van der Waals surface area contributed by atoms with Crippen molar-refractivity contribution < 1.29 is 0 Å². The molecule has 114 valence electrons. The van der Waals surface area contributed by atoms with Crippen LogP contribution in [-0.2, 0) is 13.1 Å². The number of fused-ring (bicyclic) bond motifs is 3. The number of hydrogen-bond acceptors (Lipinski definition) is 4. The van der Waals surface area contributed by atoms with Gasteiger partial charge in [-0.25, -0.2) is 0 Å². The fraction of sp³-hybridized carbons (Fsp3) is 0.222. The Morgan fingerprint density at radius 2 is 1.59 bits per heavy atom. The van der Waals surface area contributed by atoms with Crippen LogP contribution in [0.25, 0.3) is 21.5 Å². The minimum absolute atomic E-state index is 0.737. The van der Waals surface area contributed by atoms with Crippen LogP contribution in [0, 0.1) is 0 Å². The molecule has 3 aromatic carbocycles. The molecule has 4 nitrogen and oxygen atoms in total. The van der Waals surface area contributed by atoms with Crippen molar-refractivity contribution in [3.05, 3.63) is 47.5 Å². The Bertz CT molecular complexity index is 839. The van der Waals surface area contributed by atoms with Crippen LogP contribution in [0.5, 0.6) is 0 Å². The predicted octanol–water partition coefficient (Wildman–Crippen LogP) is 2.60. The highest BCUT2D eigenvalue weighted by Gasteiger charge is 2.11. The quantitative estimate of drug-likeness (QED) is 0.441. The fourth-order valence-corrected chi connectivity index (χ4v) is 3.10. The zero-order valence-electron chi connectivity index (χ0n) is 13.0. The largest absolute Gasteiger partial charge is 0.398 e. The molecular weight excluding hydrogens is 272 g/mol. The topological polar surface area (TPSA) is 76.1 Å². The van der Waals surface area contributed by atoms with E-state index in [0.29, 0.717) is 0 Å². The lowest BCUT2D eigenvalue weighted by Crippen LogP contribution is -2.09. The second-order valence-electron chi connectivity index (χ2n) is 5.64. The van der Waals surface area contributed by atoms with Crippen molar-refractivity contribution in [2.75, 3.05) is 25.6 Å². The molecule has 0 aliphatic heterocycles. The van der Waals surface area contributed by atoms with Gasteiger partial charge in [-0.2, -0.15) is 0 Å². The van der Waals surface area contributed by atoms with Crippen LogP contribution in [0.1, 0.15) is 11.1 Å². The third-order valence-corrected chi connectivity index (χ3v) is 4.09. The molecule has 4 heteroatoms. The van der Waals surface area contributed by atoms with Gasteiger partial charge < -0.3 is 22.1 Å². The van der Waals surface area contributed by atoms with Crippen molar-refractivity contribution in [2.45, 2.75) is 13.1 Å². The molecule has 0 aliphatic carbocycles. The van der Waals surface area contributed by atoms with Gasteiger partial charge in [-0.3, -0.25) is 0 Å². The lowest BCUT2D eigenvalue weighted by atomic mass is 9.94. The molecule has 3 aromatic rings. The fourth-order valence-electron chi connectivity index (χ4n) is 3.10. The molecule has 0 unspecified atom stereocenters. The maximum absolute atomic E-state index is 6.28. The van der Waals surface area contributed by atoms with Gasteiger partial charge in [0, 0.05) is 29.9 Å². The first-order valence-electron chi connectivity index (χ1n) is 7.47. The van der Waals surface area contributed by atoms with E-state index in [1.54, 1.807) is 0 Å². The minimum Gasteiger partial charge on any atom is -0.398 e. The Hall–Kier alpha value is -2.30. The van der Waals surface area contributed by atoms with Crippen LogP contribution < -0.4 is 22.1 Å². The molecule has 0 bridgehead atoms. The number of rotatable bonds is 4. The Kier molecular flexibility index (Phi) is 3.88. The lowest BCUT2D eigenvalue weighted by Gasteiger charge is -2.15. The summed E-state index contributed by atoms with van der Waals surface area (Å²) in [6, 6.07) is 12.5. The maximum Gasteiger partial charge on any atom is 0.0400 e. The number of hydrogen-bond donors (Lipinski definition) is 4. The lowest BCUT2D eigenvalue weighted by molar-refractivity contribution is 0.819. The third kappa shape index (κ3) is 2.36. The van der Waals surface area contributed by atoms with Crippen molar-refractivity contribution in [3.63, 3.8) is 0 Å². The van der Waals surface area contributed by atoms with Crippen LogP contribution >= 0.6 is 0 Å². The highest BCUT2D eigenvalue weighted by atomic mass is 14.8. The Labute approximate surface area is 130 Å². The molecule has 0 heterocycles. The van der Waals surface area contributed by atoms with E-state index < -0.39 is 0 Å². The van der Waals surface area contributed by atoms with E-state index in [-0.39, 0.29) is 0 Å². The summed E-state index contributed by atoms with van der Waals surface area (Å²) in [4.78, 5) is 0. The molecule has 0 amide bonds. The van der Waals surface area contributed by atoms with Crippen molar-refractivity contribution >= 4 is 32.9 Å². The van der Waals surface area contributed by atoms with Crippen molar-refractivity contribution in [3.8, 4) is 0 Å². The predicted molar refractivity (Wildman–Crippen MR) is 95.8 cm³/mol. The highest BCUT2D eigenvalue weighted by molar-refractivity contribution is 6.15. The van der Waals surface area contributed by atoms with Gasteiger partial charge in [-0.1, -0.05) is 18.2 Å². The van der Waals surface area contributed by atoms with Crippen LogP contribution in [0.2, 0.25) is 0 Å². The summed E-state index contributed by atoms with van der Waals surface area (Å²) in [5.74, 6) is 0. The Balaban J connectivity index is 2.39. The van der Waals surface area contributed by atoms with Crippen LogP contribution in [0.4, 0.5) is 11.4 Å². The molecule has 22 heavy (non-hydrogen) atoms. The maximum atomic E-state index is 6.28. The van der Waals surface area contributed by atoms with Crippen LogP contribution in [-0.4, -0.2) is 14.1 Å². The summed E-state index contributed by atoms with van der Waals surface area (Å²) in [6.45, 7) is 1.56. The van der Waals surface area contributed by atoms with Gasteiger partial charge in [-0.05, 0) is 59.6 Å². The summed E-state index contributed by atoms with van der Waals surface area (Å²) >= 11 is 0. The molecule has 6 N–H and O–H groups in total. The van der Waals surface area contributed by atoms with E-state index in [2.05, 4.69) is 28.8 Å². The minimum atomic E-state index is 0.737. The summed E-state index contributed by atoms with van der Waals surface area (Å²) in [5, 5.41) is 10.9. The SMILES string of the molecule is CNCc1ccc2c(c1)c(N)cc1ccc(N)c(CNC)c12. The van der Waals surface area contributed by atoms with Gasteiger partial charge in [-0.15, -0.1) is 0 Å². The highest BCUT2D eigenvalue weighted by Crippen LogP contribution is 2.35. The summed E-state index contributed by atoms with van der Waals surface area (Å²) in [6.07, 6.45) is 0. The van der Waals surface area contributed by atoms with E-state index in [4.69, 9.17) is 11.5 Å². The molecular formula is C18H22N4. The standard InChI is InChI=1S/C18H22N4/c1-21-9-11-3-5-13-14(7-11)17(20)8-12-4-6-16(19)15(10-22-2)18(12)13/h3-8,21-22H,9-10,19-20H2,1-2H3. The number of anilines is 2. The van der Waals surface area contributed by atoms with Gasteiger partial charge in [0.2, 0.25) is 0 Å². The molecule has 0 saturated carbocycles. The Morgan fingerprint density at radius 3 is 2.32 bits per heavy atom. The average molecular weight is 294 g/mol. The van der Waals surface area contributed by atoms with E-state index in [9.17, 15) is 0 Å². The first kappa shape index (κ1) is 14.6. The molecule has 0 fully saturated rings. The molecule has 0 aliphatic rings. The summed E-state index contributed by atoms with van der Waals surface area (Å²) in [5.41, 5.74) is 16.5. The molecule has 0 spiro atoms. The Morgan fingerprint density at radius 1 is 0.818 bits per heavy atom. The second kappa shape index (κ2) is 5.83. The third-order valence-electron chi connectivity index (χ3n) is 4.09. The van der Waals surface area contributed by atoms with E-state index >= 15 is 0 Å². The number of nitrogens with two attached hydrogens (primary N) is 2. The molecule has 0 atom stereocenters. The van der Waals surface area contributed by atoms with Gasteiger partial charge >= 0.3 is 0 Å². The van der Waals surface area contributed by atoms with Crippen molar-refractivity contribution in [1.29, 1.82) is 0 Å². The first-order chi connectivity index (χ1) is 10.7. The van der Waals surface area contributed by atoms with Crippen LogP contribution in [0.15, 0.2) is 36.4 Å². The zero-order valence-corrected chi connectivity index (χ0v) is 13.0. The second-order valence-corrected chi connectivity index (χ2v) is 5.64. The zero-order chi connectivity index (χ0) is 15.7. The van der Waals surface area contributed by atoms with Crippen LogP contribution in [0.3, 0.4) is 0 Å². The van der Waals surface area contributed by atoms with E-state index in [1.165, 1.54) is 10.9 Å². The average Bonchev–Trinajstić information content (AvgIpc) is 2.51. The van der Waals surface area contributed by atoms with Gasteiger partial charge in [0.05, 0.1) is 0 Å². The smallest absolute Gasteiger partial charge is 0.0400 e. The van der Waals surface area contributed by atoms with Gasteiger partial charge in [0.15, 0.2) is 0 Å². The summed E-state index contributed by atoms with van der Waals surface area (Å²) < 4.78 is 0. The van der Waals surface area contributed by atoms with Gasteiger partial charge in [0.1, 0.15) is 0 Å². The molecule has 0 saturated heterocycles. The van der Waals surface area contributed by atoms with Gasteiger partial charge in [0.25, 0.3) is 0 Å². The number of nitrogen functional groups attached to an aromatic ring is 2. The normalized spacial score (nSPS) is 11.4. The summed E-state index contributed by atoms with van der Waals surface area (Å²) in [7, 11) is 3.88. The van der Waals surface area contributed by atoms with E-state index in [0.717, 1.165) is 46.2 Å².